The summed E-state index contributed by atoms with van der Waals surface area (Å²) in [5.74, 6) is -1.38. The Morgan fingerprint density at radius 3 is 2.49 bits per heavy atom. The van der Waals surface area contributed by atoms with Gasteiger partial charge >= 0.3 is 0 Å². The molecule has 6 rings (SSSR count). The van der Waals surface area contributed by atoms with Gasteiger partial charge in [-0.1, -0.05) is 0 Å². The van der Waals surface area contributed by atoms with Crippen molar-refractivity contribution in [3.05, 3.63) is 86.8 Å². The molecule has 9 nitrogen and oxygen atoms in total. The molecule has 3 aliphatic rings. The van der Waals surface area contributed by atoms with Gasteiger partial charge in [0.05, 0.1) is 35.6 Å². The fourth-order valence-electron chi connectivity index (χ4n) is 6.14. The minimum Gasteiger partial charge on any atom is -0.381 e. The first-order valence-electron chi connectivity index (χ1n) is 13.5. The summed E-state index contributed by atoms with van der Waals surface area (Å²) in [6.07, 6.45) is 7.96. The van der Waals surface area contributed by atoms with Crippen LogP contribution in [0.1, 0.15) is 46.7 Å². The summed E-state index contributed by atoms with van der Waals surface area (Å²) in [6.45, 7) is 1.24. The highest BCUT2D eigenvalue weighted by atomic mass is 32.2. The zero-order chi connectivity index (χ0) is 29.1. The van der Waals surface area contributed by atoms with Crippen molar-refractivity contribution in [1.82, 2.24) is 14.0 Å². The number of halogens is 1. The molecule has 2 aromatic heterocycles. The van der Waals surface area contributed by atoms with E-state index in [9.17, 15) is 22.4 Å². The average Bonchev–Trinajstić information content (AvgIpc) is 3.26. The topological polar surface area (TPSA) is 103 Å². The monoisotopic (exact) mass is 578 g/mol. The quantitative estimate of drug-likeness (QED) is 0.463. The SMILES string of the molecule is COC1CCN(C(=O)C2CN=C3c4c(cn(-c5ccc(F)cc5)c42)C=C(CS(C)(=O)=O)c2ccn(C)c(=O)c23)CC1. The van der Waals surface area contributed by atoms with Gasteiger partial charge in [0.25, 0.3) is 5.56 Å². The summed E-state index contributed by atoms with van der Waals surface area (Å²) in [4.78, 5) is 34.4. The number of hydrogen-bond acceptors (Lipinski definition) is 6. The molecule has 0 N–H and O–H groups in total. The van der Waals surface area contributed by atoms with Crippen molar-refractivity contribution >= 4 is 33.1 Å². The second kappa shape index (κ2) is 10.2. The number of piperidine rings is 1. The van der Waals surface area contributed by atoms with Crippen molar-refractivity contribution in [1.29, 1.82) is 0 Å². The number of nitrogens with zero attached hydrogens (tertiary/aromatic N) is 4. The fourth-order valence-corrected chi connectivity index (χ4v) is 6.94. The van der Waals surface area contributed by atoms with Crippen molar-refractivity contribution in [2.75, 3.05) is 38.8 Å². The van der Waals surface area contributed by atoms with Gasteiger partial charge in [-0.2, -0.15) is 0 Å². The predicted molar refractivity (Wildman–Crippen MR) is 155 cm³/mol. The molecular weight excluding hydrogens is 547 g/mol. The van der Waals surface area contributed by atoms with Crippen LogP contribution in [0.5, 0.6) is 0 Å². The van der Waals surface area contributed by atoms with Crippen LogP contribution in [-0.4, -0.2) is 78.9 Å². The van der Waals surface area contributed by atoms with Crippen LogP contribution >= 0.6 is 0 Å². The van der Waals surface area contributed by atoms with Gasteiger partial charge in [0, 0.05) is 68.4 Å². The Hall–Kier alpha value is -3.83. The summed E-state index contributed by atoms with van der Waals surface area (Å²) in [7, 11) is -0.143. The summed E-state index contributed by atoms with van der Waals surface area (Å²) >= 11 is 0. The van der Waals surface area contributed by atoms with Crippen molar-refractivity contribution in [3.63, 3.8) is 0 Å². The number of fused-ring (bicyclic) bond motifs is 2. The molecule has 3 aromatic rings. The standard InChI is InChI=1S/C30H31FN4O5S/c1-33-11-10-23-19(17-41(3,38)39)14-18-16-35(21-6-4-20(31)5-7-21)28-24(15-32-27(25(18)28)26(23)30(33)37)29(36)34-12-8-22(40-2)9-13-34/h4-7,10-11,14,16,22,24H,8-9,12-13,15,17H2,1-3H3. The maximum Gasteiger partial charge on any atom is 0.260 e. The first kappa shape index (κ1) is 27.3. The van der Waals surface area contributed by atoms with E-state index < -0.39 is 15.8 Å². The van der Waals surface area contributed by atoms with Crippen LogP contribution in [0.4, 0.5) is 4.39 Å². The molecule has 11 heteroatoms. The number of aliphatic imine (C=N–C) groups is 1. The Balaban J connectivity index is 1.59. The number of aromatic nitrogens is 2. The van der Waals surface area contributed by atoms with E-state index in [1.807, 2.05) is 15.7 Å². The maximum absolute atomic E-state index is 14.1. The number of carbonyl (C=O) groups excluding carboxylic acids is 1. The molecule has 1 saturated heterocycles. The first-order chi connectivity index (χ1) is 19.6. The van der Waals surface area contributed by atoms with Gasteiger partial charge in [-0.25, -0.2) is 12.8 Å². The van der Waals surface area contributed by atoms with Crippen LogP contribution in [0.3, 0.4) is 0 Å². The van der Waals surface area contributed by atoms with E-state index in [0.717, 1.165) is 19.1 Å². The van der Waals surface area contributed by atoms with Crippen LogP contribution in [0, 0.1) is 5.82 Å². The minimum absolute atomic E-state index is 0.0719. The van der Waals surface area contributed by atoms with E-state index in [1.54, 1.807) is 44.6 Å². The maximum atomic E-state index is 14.1. The number of amides is 1. The molecule has 0 saturated carbocycles. The van der Waals surface area contributed by atoms with Gasteiger partial charge in [-0.15, -0.1) is 0 Å². The highest BCUT2D eigenvalue weighted by Gasteiger charge is 2.40. The van der Waals surface area contributed by atoms with Gasteiger partial charge in [0.15, 0.2) is 9.84 Å². The second-order valence-corrected chi connectivity index (χ2v) is 13.1. The number of rotatable bonds is 5. The number of aryl methyl sites for hydroxylation is 1. The van der Waals surface area contributed by atoms with Crippen LogP contribution in [0.15, 0.2) is 52.5 Å². The Kier molecular flexibility index (Phi) is 6.82. The molecule has 214 valence electrons. The Morgan fingerprint density at radius 2 is 1.83 bits per heavy atom. The number of ether oxygens (including phenoxy) is 1. The number of likely N-dealkylation sites (tertiary alicyclic amines) is 1. The van der Waals surface area contributed by atoms with Gasteiger partial charge in [0.2, 0.25) is 5.91 Å². The zero-order valence-electron chi connectivity index (χ0n) is 23.1. The number of hydrogen-bond donors (Lipinski definition) is 0. The fraction of sp³-hybridized carbons (Fsp3) is 0.367. The number of carbonyl (C=O) groups is 1. The molecule has 1 atom stereocenters. The molecule has 1 unspecified atom stereocenters. The van der Waals surface area contributed by atoms with E-state index in [1.165, 1.54) is 16.7 Å². The summed E-state index contributed by atoms with van der Waals surface area (Å²) < 4.78 is 47.6. The first-order valence-corrected chi connectivity index (χ1v) is 15.6. The summed E-state index contributed by atoms with van der Waals surface area (Å²) in [5.41, 5.74) is 4.01. The summed E-state index contributed by atoms with van der Waals surface area (Å²) in [5, 5.41) is 0. The van der Waals surface area contributed by atoms with Gasteiger partial charge in [0.1, 0.15) is 5.82 Å². The smallest absolute Gasteiger partial charge is 0.260 e. The number of benzene rings is 1. The van der Waals surface area contributed by atoms with E-state index in [0.29, 0.717) is 58.0 Å². The third kappa shape index (κ3) is 4.87. The van der Waals surface area contributed by atoms with E-state index >= 15 is 0 Å². The summed E-state index contributed by atoms with van der Waals surface area (Å²) in [6, 6.07) is 7.72. The van der Waals surface area contributed by atoms with Crippen molar-refractivity contribution in [2.24, 2.45) is 12.0 Å². The molecule has 1 amide bonds. The minimum atomic E-state index is -3.46. The molecule has 2 aliphatic heterocycles. The number of methoxy groups -OCH3 is 1. The lowest BCUT2D eigenvalue weighted by atomic mass is 9.89. The molecular formula is C30H31FN4O5S. The molecule has 1 aromatic carbocycles. The lowest BCUT2D eigenvalue weighted by Gasteiger charge is -2.35. The van der Waals surface area contributed by atoms with E-state index in [-0.39, 0.29) is 35.7 Å². The third-order valence-corrected chi connectivity index (χ3v) is 9.00. The third-order valence-electron chi connectivity index (χ3n) is 8.16. The molecule has 1 fully saturated rings. The Morgan fingerprint density at radius 1 is 1.12 bits per heavy atom. The molecule has 0 radical (unpaired) electrons. The van der Waals surface area contributed by atoms with Crippen molar-refractivity contribution in [3.8, 4) is 5.69 Å². The van der Waals surface area contributed by atoms with Crippen LogP contribution in [0.25, 0.3) is 17.3 Å². The average molecular weight is 579 g/mol. The molecule has 1 aliphatic carbocycles. The highest BCUT2D eigenvalue weighted by Crippen LogP contribution is 2.40. The van der Waals surface area contributed by atoms with Crippen LogP contribution < -0.4 is 5.56 Å². The van der Waals surface area contributed by atoms with E-state index in [2.05, 4.69) is 0 Å². The second-order valence-electron chi connectivity index (χ2n) is 11.0. The zero-order valence-corrected chi connectivity index (χ0v) is 23.9. The van der Waals surface area contributed by atoms with Crippen molar-refractivity contribution < 1.29 is 22.3 Å². The van der Waals surface area contributed by atoms with Gasteiger partial charge in [-0.05, 0) is 60.4 Å². The van der Waals surface area contributed by atoms with E-state index in [4.69, 9.17) is 9.73 Å². The van der Waals surface area contributed by atoms with Gasteiger partial charge in [-0.3, -0.25) is 14.6 Å². The molecule has 0 spiro atoms. The largest absolute Gasteiger partial charge is 0.381 e. The Labute approximate surface area is 237 Å². The molecule has 41 heavy (non-hydrogen) atoms. The van der Waals surface area contributed by atoms with Crippen molar-refractivity contribution in [2.45, 2.75) is 24.9 Å². The Bertz CT molecular complexity index is 1780. The molecule has 0 bridgehead atoms. The lowest BCUT2D eigenvalue weighted by molar-refractivity contribution is -0.135. The molecule has 4 heterocycles. The highest BCUT2D eigenvalue weighted by molar-refractivity contribution is 7.91. The number of sulfone groups is 1. The van der Waals surface area contributed by atoms with Gasteiger partial charge < -0.3 is 18.8 Å². The predicted octanol–water partition coefficient (Wildman–Crippen LogP) is 2.79. The van der Waals surface area contributed by atoms with Crippen LogP contribution in [-0.2, 0) is 26.4 Å². The normalized spacial score (nSPS) is 18.7. The van der Waals surface area contributed by atoms with Crippen LogP contribution in [0.2, 0.25) is 0 Å². The lowest BCUT2D eigenvalue weighted by Crippen LogP contribution is -2.44. The number of pyridine rings is 1.